The zero-order valence-corrected chi connectivity index (χ0v) is 19.3. The Balaban J connectivity index is 1.49. The summed E-state index contributed by atoms with van der Waals surface area (Å²) in [6, 6.07) is 23.8. The van der Waals surface area contributed by atoms with Crippen molar-refractivity contribution in [2.75, 3.05) is 6.61 Å². The summed E-state index contributed by atoms with van der Waals surface area (Å²) in [7, 11) is 0. The van der Waals surface area contributed by atoms with E-state index in [1.54, 1.807) is 24.3 Å². The number of hydrogen-bond donors (Lipinski definition) is 2. The summed E-state index contributed by atoms with van der Waals surface area (Å²) in [5, 5.41) is 16.3. The van der Waals surface area contributed by atoms with Gasteiger partial charge in [-0.1, -0.05) is 66.2 Å². The average Bonchev–Trinajstić information content (AvgIpc) is 2.84. The van der Waals surface area contributed by atoms with E-state index in [4.69, 9.17) is 21.1 Å². The molecule has 4 aromatic rings. The van der Waals surface area contributed by atoms with Crippen molar-refractivity contribution in [2.24, 2.45) is 5.10 Å². The van der Waals surface area contributed by atoms with Gasteiger partial charge >= 0.3 is 0 Å². The van der Waals surface area contributed by atoms with Gasteiger partial charge in [-0.05, 0) is 53.1 Å². The first-order valence-corrected chi connectivity index (χ1v) is 11.1. The highest BCUT2D eigenvalue weighted by molar-refractivity contribution is 6.32. The number of benzene rings is 4. The highest BCUT2D eigenvalue weighted by Crippen LogP contribution is 2.37. The predicted molar refractivity (Wildman–Crippen MR) is 134 cm³/mol. The van der Waals surface area contributed by atoms with E-state index in [1.165, 1.54) is 6.21 Å². The number of amides is 1. The van der Waals surface area contributed by atoms with Crippen molar-refractivity contribution in [1.82, 2.24) is 5.43 Å². The van der Waals surface area contributed by atoms with Crippen LogP contribution in [0.3, 0.4) is 0 Å². The minimum atomic E-state index is -0.529. The molecular weight excluding hydrogens is 452 g/mol. The molecule has 0 spiro atoms. The smallest absolute Gasteiger partial charge is 0.275 e. The van der Waals surface area contributed by atoms with Crippen LogP contribution in [-0.4, -0.2) is 23.8 Å². The molecule has 0 saturated heterocycles. The Morgan fingerprint density at radius 2 is 1.71 bits per heavy atom. The first-order valence-electron chi connectivity index (χ1n) is 10.7. The molecule has 0 atom stereocenters. The molecule has 0 aliphatic heterocycles. The maximum absolute atomic E-state index is 12.6. The molecule has 172 valence electrons. The van der Waals surface area contributed by atoms with Crippen LogP contribution < -0.4 is 14.9 Å². The molecule has 6 nitrogen and oxygen atoms in total. The van der Waals surface area contributed by atoms with Gasteiger partial charge in [0, 0.05) is 0 Å². The topological polar surface area (TPSA) is 80.2 Å². The van der Waals surface area contributed by atoms with Gasteiger partial charge in [-0.25, -0.2) is 5.43 Å². The molecule has 0 aromatic heterocycles. The molecule has 0 saturated carbocycles. The minimum absolute atomic E-state index is 0.118. The number of nitrogens with zero attached hydrogens (tertiary/aromatic N) is 1. The number of fused-ring (bicyclic) bond motifs is 1. The maximum atomic E-state index is 12.6. The molecule has 0 radical (unpaired) electrons. The fourth-order valence-corrected chi connectivity index (χ4v) is 3.70. The molecule has 0 aliphatic rings. The van der Waals surface area contributed by atoms with E-state index < -0.39 is 5.91 Å². The summed E-state index contributed by atoms with van der Waals surface area (Å²) in [4.78, 5) is 12.6. The van der Waals surface area contributed by atoms with Crippen LogP contribution in [0.2, 0.25) is 5.02 Å². The highest BCUT2D eigenvalue weighted by atomic mass is 35.5. The van der Waals surface area contributed by atoms with Crippen molar-refractivity contribution >= 4 is 34.5 Å². The fraction of sp³-hybridized carbons (Fsp3) is 0.111. The quantitative estimate of drug-likeness (QED) is 0.244. The van der Waals surface area contributed by atoms with Gasteiger partial charge in [0.1, 0.15) is 12.4 Å². The van der Waals surface area contributed by atoms with E-state index in [9.17, 15) is 9.90 Å². The van der Waals surface area contributed by atoms with Crippen LogP contribution in [0.25, 0.3) is 10.8 Å². The van der Waals surface area contributed by atoms with Gasteiger partial charge in [0.2, 0.25) is 0 Å². The van der Waals surface area contributed by atoms with Crippen molar-refractivity contribution in [3.63, 3.8) is 0 Å². The molecule has 7 heteroatoms. The van der Waals surface area contributed by atoms with E-state index in [-0.39, 0.29) is 11.3 Å². The maximum Gasteiger partial charge on any atom is 0.275 e. The summed E-state index contributed by atoms with van der Waals surface area (Å²) >= 11 is 6.46. The normalized spacial score (nSPS) is 11.0. The van der Waals surface area contributed by atoms with Crippen LogP contribution in [0, 0.1) is 0 Å². The number of hydrogen-bond acceptors (Lipinski definition) is 5. The van der Waals surface area contributed by atoms with Crippen molar-refractivity contribution in [3.8, 4) is 17.2 Å². The lowest BCUT2D eigenvalue weighted by molar-refractivity contribution is 0.0952. The van der Waals surface area contributed by atoms with E-state index in [2.05, 4.69) is 10.5 Å². The fourth-order valence-electron chi connectivity index (χ4n) is 3.43. The van der Waals surface area contributed by atoms with E-state index >= 15 is 0 Å². The second kappa shape index (κ2) is 10.7. The average molecular weight is 475 g/mol. The monoisotopic (exact) mass is 474 g/mol. The Kier molecular flexibility index (Phi) is 7.30. The van der Waals surface area contributed by atoms with Crippen LogP contribution in [0.5, 0.6) is 17.2 Å². The molecule has 4 aromatic carbocycles. The third-order valence-electron chi connectivity index (χ3n) is 5.05. The number of rotatable bonds is 8. The van der Waals surface area contributed by atoms with Crippen LogP contribution in [0.15, 0.2) is 84.0 Å². The first-order chi connectivity index (χ1) is 16.5. The number of aromatic hydroxyl groups is 1. The number of nitrogens with one attached hydrogen (secondary N) is 1. The second-order valence-corrected chi connectivity index (χ2v) is 7.86. The Bertz CT molecular complexity index is 1340. The van der Waals surface area contributed by atoms with Crippen LogP contribution in [-0.2, 0) is 6.61 Å². The van der Waals surface area contributed by atoms with E-state index in [0.717, 1.165) is 16.3 Å². The summed E-state index contributed by atoms with van der Waals surface area (Å²) in [6.45, 7) is 2.64. The van der Waals surface area contributed by atoms with Gasteiger partial charge in [0.15, 0.2) is 11.5 Å². The molecule has 2 N–H and O–H groups in total. The molecule has 0 fully saturated rings. The second-order valence-electron chi connectivity index (χ2n) is 7.45. The highest BCUT2D eigenvalue weighted by Gasteiger charge is 2.14. The Morgan fingerprint density at radius 1 is 1.00 bits per heavy atom. The molecule has 1 amide bonds. The number of halogens is 1. The van der Waals surface area contributed by atoms with E-state index in [0.29, 0.717) is 35.3 Å². The van der Waals surface area contributed by atoms with Gasteiger partial charge in [0.05, 0.1) is 23.4 Å². The Hall–Kier alpha value is -4.03. The number of ether oxygens (including phenoxy) is 2. The zero-order valence-electron chi connectivity index (χ0n) is 18.5. The van der Waals surface area contributed by atoms with Crippen molar-refractivity contribution in [1.29, 1.82) is 0 Å². The lowest BCUT2D eigenvalue weighted by Crippen LogP contribution is -2.17. The number of phenolic OH excluding ortho intramolecular Hbond substituents is 1. The summed E-state index contributed by atoms with van der Waals surface area (Å²) in [5.41, 5.74) is 4.19. The molecule has 0 unspecified atom stereocenters. The number of phenols is 1. The molecule has 0 bridgehead atoms. The molecule has 4 rings (SSSR count). The third-order valence-corrected chi connectivity index (χ3v) is 5.33. The lowest BCUT2D eigenvalue weighted by Gasteiger charge is -2.14. The van der Waals surface area contributed by atoms with Gasteiger partial charge in [-0.15, -0.1) is 0 Å². The lowest BCUT2D eigenvalue weighted by atomic mass is 10.1. The van der Waals surface area contributed by atoms with Gasteiger partial charge < -0.3 is 14.6 Å². The Labute approximate surface area is 202 Å². The van der Waals surface area contributed by atoms with Crippen molar-refractivity contribution < 1.29 is 19.4 Å². The van der Waals surface area contributed by atoms with Gasteiger partial charge in [-0.2, -0.15) is 5.10 Å². The third kappa shape index (κ3) is 5.47. The minimum Gasteiger partial charge on any atom is -0.507 e. The molecule has 0 heterocycles. The summed E-state index contributed by atoms with van der Waals surface area (Å²) < 4.78 is 11.6. The zero-order chi connectivity index (χ0) is 23.9. The number of carbonyl (C=O) groups is 1. The molecular formula is C27H23ClN2O4. The van der Waals surface area contributed by atoms with Gasteiger partial charge in [-0.3, -0.25) is 4.79 Å². The van der Waals surface area contributed by atoms with Crippen LogP contribution in [0.1, 0.15) is 28.4 Å². The molecule has 0 aliphatic carbocycles. The van der Waals surface area contributed by atoms with Crippen LogP contribution in [0.4, 0.5) is 0 Å². The largest absolute Gasteiger partial charge is 0.507 e. The predicted octanol–water partition coefficient (Wildman–Crippen LogP) is 5.94. The van der Waals surface area contributed by atoms with Crippen molar-refractivity contribution in [2.45, 2.75) is 13.5 Å². The molecule has 34 heavy (non-hydrogen) atoms. The Morgan fingerprint density at radius 3 is 2.44 bits per heavy atom. The van der Waals surface area contributed by atoms with Crippen LogP contribution >= 0.6 is 11.6 Å². The SMILES string of the molecule is CCOc1cc(C=NNC(=O)c2cc3ccccc3cc2O)cc(Cl)c1OCc1ccccc1. The standard InChI is InChI=1S/C27H23ClN2O4/c1-2-33-25-13-19(12-23(28)26(25)34-17-18-8-4-3-5-9-18)16-29-30-27(32)22-14-20-10-6-7-11-21(20)15-24(22)31/h3-16,31H,2,17H2,1H3,(H,30,32). The number of carbonyl (C=O) groups excluding carboxylic acids is 1. The summed E-state index contributed by atoms with van der Waals surface area (Å²) in [6.07, 6.45) is 1.45. The van der Waals surface area contributed by atoms with Crippen molar-refractivity contribution in [3.05, 3.63) is 101 Å². The van der Waals surface area contributed by atoms with Gasteiger partial charge in [0.25, 0.3) is 5.91 Å². The van der Waals surface area contributed by atoms with E-state index in [1.807, 2.05) is 61.5 Å². The first kappa shape index (κ1) is 23.1. The summed E-state index contributed by atoms with van der Waals surface area (Å²) in [5.74, 6) is 0.270. The number of hydrazone groups is 1.